The van der Waals surface area contributed by atoms with Crippen molar-refractivity contribution in [3.8, 4) is 0 Å². The van der Waals surface area contributed by atoms with Gasteiger partial charge >= 0.3 is 0 Å². The molecule has 20 heavy (non-hydrogen) atoms. The molecule has 0 saturated carbocycles. The Kier molecular flexibility index (Phi) is 6.78. The quantitative estimate of drug-likeness (QED) is 0.744. The van der Waals surface area contributed by atoms with Gasteiger partial charge in [-0.3, -0.25) is 9.59 Å². The SMILES string of the molecule is CC(N)CCNC(=O)CNC(=O)c1ccc(Cl)c(Cl)c1. The zero-order valence-electron chi connectivity index (χ0n) is 11.1. The first-order valence-electron chi connectivity index (χ1n) is 6.15. The van der Waals surface area contributed by atoms with E-state index >= 15 is 0 Å². The third-order valence-electron chi connectivity index (χ3n) is 2.51. The first-order chi connectivity index (χ1) is 9.40. The van der Waals surface area contributed by atoms with Crippen LogP contribution < -0.4 is 16.4 Å². The highest BCUT2D eigenvalue weighted by molar-refractivity contribution is 6.42. The molecule has 0 bridgehead atoms. The fraction of sp³-hybridized carbons (Fsp3) is 0.385. The molecule has 7 heteroatoms. The Morgan fingerprint density at radius 1 is 1.25 bits per heavy atom. The van der Waals surface area contributed by atoms with Crippen LogP contribution in [0.3, 0.4) is 0 Å². The van der Waals surface area contributed by atoms with Crippen LogP contribution in [0.15, 0.2) is 18.2 Å². The number of carbonyl (C=O) groups is 2. The summed E-state index contributed by atoms with van der Waals surface area (Å²) in [6.45, 7) is 2.25. The summed E-state index contributed by atoms with van der Waals surface area (Å²) in [5.74, 6) is -0.648. The number of nitrogens with one attached hydrogen (secondary N) is 2. The molecule has 110 valence electrons. The van der Waals surface area contributed by atoms with Gasteiger partial charge in [0.2, 0.25) is 5.91 Å². The number of nitrogens with two attached hydrogens (primary N) is 1. The van der Waals surface area contributed by atoms with E-state index in [0.717, 1.165) is 0 Å². The van der Waals surface area contributed by atoms with Gasteiger partial charge in [-0.1, -0.05) is 23.2 Å². The number of halogens is 2. The molecule has 0 aromatic heterocycles. The Bertz CT molecular complexity index is 493. The van der Waals surface area contributed by atoms with Gasteiger partial charge in [0.25, 0.3) is 5.91 Å². The van der Waals surface area contributed by atoms with E-state index < -0.39 is 0 Å². The molecule has 5 nitrogen and oxygen atoms in total. The summed E-state index contributed by atoms with van der Waals surface area (Å²) in [6, 6.07) is 4.55. The molecular formula is C13H17Cl2N3O2. The highest BCUT2D eigenvalue weighted by atomic mass is 35.5. The molecule has 0 aliphatic heterocycles. The van der Waals surface area contributed by atoms with Crippen molar-refractivity contribution in [1.82, 2.24) is 10.6 Å². The summed E-state index contributed by atoms with van der Waals surface area (Å²) in [5, 5.41) is 5.82. The maximum absolute atomic E-state index is 11.8. The second-order valence-electron chi connectivity index (χ2n) is 4.43. The van der Waals surface area contributed by atoms with Crippen LogP contribution in [-0.4, -0.2) is 30.9 Å². The molecule has 2 amide bonds. The molecule has 1 aromatic carbocycles. The van der Waals surface area contributed by atoms with Crippen molar-refractivity contribution in [3.05, 3.63) is 33.8 Å². The molecule has 0 aliphatic rings. The lowest BCUT2D eigenvalue weighted by atomic mass is 10.2. The van der Waals surface area contributed by atoms with Gasteiger partial charge in [0.05, 0.1) is 16.6 Å². The summed E-state index contributed by atoms with van der Waals surface area (Å²) in [6.07, 6.45) is 0.687. The smallest absolute Gasteiger partial charge is 0.251 e. The average Bonchev–Trinajstić information content (AvgIpc) is 2.38. The van der Waals surface area contributed by atoms with E-state index in [4.69, 9.17) is 28.9 Å². The summed E-state index contributed by atoms with van der Waals surface area (Å²) in [7, 11) is 0. The minimum Gasteiger partial charge on any atom is -0.355 e. The minimum atomic E-state index is -0.383. The largest absolute Gasteiger partial charge is 0.355 e. The first-order valence-corrected chi connectivity index (χ1v) is 6.91. The van der Waals surface area contributed by atoms with E-state index in [0.29, 0.717) is 28.6 Å². The standard InChI is InChI=1S/C13H17Cl2N3O2/c1-8(16)4-5-17-12(19)7-18-13(20)9-2-3-10(14)11(15)6-9/h2-3,6,8H,4-5,7,16H2,1H3,(H,17,19)(H,18,20). The average molecular weight is 318 g/mol. The summed E-state index contributed by atoms with van der Waals surface area (Å²) in [5.41, 5.74) is 5.91. The Balaban J connectivity index is 2.39. The third-order valence-corrected chi connectivity index (χ3v) is 3.25. The molecule has 0 radical (unpaired) electrons. The monoisotopic (exact) mass is 317 g/mol. The second-order valence-corrected chi connectivity index (χ2v) is 5.24. The molecular weight excluding hydrogens is 301 g/mol. The summed E-state index contributed by atoms with van der Waals surface area (Å²) >= 11 is 11.6. The van der Waals surface area contributed by atoms with Gasteiger partial charge in [-0.25, -0.2) is 0 Å². The van der Waals surface area contributed by atoms with E-state index in [1.165, 1.54) is 18.2 Å². The van der Waals surface area contributed by atoms with Crippen molar-refractivity contribution in [3.63, 3.8) is 0 Å². The van der Waals surface area contributed by atoms with Gasteiger partial charge in [0.15, 0.2) is 0 Å². The van der Waals surface area contributed by atoms with E-state index in [1.807, 2.05) is 6.92 Å². The van der Waals surface area contributed by atoms with Crippen LogP contribution in [-0.2, 0) is 4.79 Å². The molecule has 1 unspecified atom stereocenters. The van der Waals surface area contributed by atoms with Crippen molar-refractivity contribution in [1.29, 1.82) is 0 Å². The Hall–Kier alpha value is -1.30. The minimum absolute atomic E-state index is 0.0288. The van der Waals surface area contributed by atoms with Crippen LogP contribution in [0.1, 0.15) is 23.7 Å². The van der Waals surface area contributed by atoms with Crippen LogP contribution in [0, 0.1) is 0 Å². The van der Waals surface area contributed by atoms with Gasteiger partial charge in [-0.15, -0.1) is 0 Å². The molecule has 0 aliphatic carbocycles. The zero-order valence-corrected chi connectivity index (χ0v) is 12.6. The highest BCUT2D eigenvalue weighted by Gasteiger charge is 2.09. The lowest BCUT2D eigenvalue weighted by molar-refractivity contribution is -0.120. The Morgan fingerprint density at radius 2 is 1.95 bits per heavy atom. The van der Waals surface area contributed by atoms with Crippen LogP contribution in [0.25, 0.3) is 0 Å². The van der Waals surface area contributed by atoms with E-state index in [1.54, 1.807) is 0 Å². The normalized spacial score (nSPS) is 11.8. The maximum atomic E-state index is 11.8. The van der Waals surface area contributed by atoms with Gasteiger partial charge < -0.3 is 16.4 Å². The van der Waals surface area contributed by atoms with Crippen molar-refractivity contribution in [2.24, 2.45) is 5.73 Å². The zero-order chi connectivity index (χ0) is 15.1. The molecule has 0 heterocycles. The third kappa shape index (κ3) is 5.77. The molecule has 0 saturated heterocycles. The highest BCUT2D eigenvalue weighted by Crippen LogP contribution is 2.22. The molecule has 1 atom stereocenters. The predicted molar refractivity (Wildman–Crippen MR) is 80.1 cm³/mol. The van der Waals surface area contributed by atoms with Gasteiger partial charge in [-0.05, 0) is 31.5 Å². The fourth-order valence-electron chi connectivity index (χ4n) is 1.40. The molecule has 0 spiro atoms. The molecule has 1 aromatic rings. The maximum Gasteiger partial charge on any atom is 0.251 e. The van der Waals surface area contributed by atoms with Crippen molar-refractivity contribution < 1.29 is 9.59 Å². The van der Waals surface area contributed by atoms with E-state index in [-0.39, 0.29) is 24.4 Å². The number of hydrogen-bond donors (Lipinski definition) is 3. The van der Waals surface area contributed by atoms with Crippen LogP contribution in [0.5, 0.6) is 0 Å². The Labute approximate surface area is 127 Å². The van der Waals surface area contributed by atoms with Crippen LogP contribution >= 0.6 is 23.2 Å². The van der Waals surface area contributed by atoms with Gasteiger partial charge in [0.1, 0.15) is 0 Å². The van der Waals surface area contributed by atoms with Crippen molar-refractivity contribution in [2.45, 2.75) is 19.4 Å². The lowest BCUT2D eigenvalue weighted by Gasteiger charge is -2.08. The van der Waals surface area contributed by atoms with Gasteiger partial charge in [0, 0.05) is 18.2 Å². The van der Waals surface area contributed by atoms with E-state index in [2.05, 4.69) is 10.6 Å². The number of amides is 2. The molecule has 4 N–H and O–H groups in total. The van der Waals surface area contributed by atoms with Crippen LogP contribution in [0.2, 0.25) is 10.0 Å². The number of hydrogen-bond acceptors (Lipinski definition) is 3. The summed E-state index contributed by atoms with van der Waals surface area (Å²) < 4.78 is 0. The number of rotatable bonds is 6. The number of carbonyl (C=O) groups excluding carboxylic acids is 2. The topological polar surface area (TPSA) is 84.2 Å². The van der Waals surface area contributed by atoms with Crippen molar-refractivity contribution >= 4 is 35.0 Å². The predicted octanol–water partition coefficient (Wildman–Crippen LogP) is 1.58. The van der Waals surface area contributed by atoms with Crippen LogP contribution in [0.4, 0.5) is 0 Å². The fourth-order valence-corrected chi connectivity index (χ4v) is 1.70. The van der Waals surface area contributed by atoms with Gasteiger partial charge in [-0.2, -0.15) is 0 Å². The lowest BCUT2D eigenvalue weighted by Crippen LogP contribution is -2.38. The van der Waals surface area contributed by atoms with E-state index in [9.17, 15) is 9.59 Å². The first kappa shape index (κ1) is 16.8. The Morgan fingerprint density at radius 3 is 2.55 bits per heavy atom. The summed E-state index contributed by atoms with van der Waals surface area (Å²) in [4.78, 5) is 23.2. The molecule has 1 rings (SSSR count). The number of benzene rings is 1. The molecule has 0 fully saturated rings. The second kappa shape index (κ2) is 8.09. The van der Waals surface area contributed by atoms with Crippen molar-refractivity contribution in [2.75, 3.05) is 13.1 Å².